The van der Waals surface area contributed by atoms with E-state index in [-0.39, 0.29) is 69.4 Å². The Hall–Kier alpha value is -2.14. The highest BCUT2D eigenvalue weighted by Crippen LogP contribution is 2.60. The van der Waals surface area contributed by atoms with Gasteiger partial charge in [-0.05, 0) is 18.3 Å². The molecule has 3 fully saturated rings. The molecule has 2 bridgehead atoms. The molecule has 31 heavy (non-hydrogen) atoms. The van der Waals surface area contributed by atoms with Gasteiger partial charge in [0.2, 0.25) is 17.6 Å². The van der Waals surface area contributed by atoms with E-state index < -0.39 is 23.3 Å². The number of carbonyl (C=O) groups excluding carboxylic acids is 4. The number of nitrogens with zero attached hydrogens (tertiary/aromatic N) is 2. The lowest BCUT2D eigenvalue weighted by atomic mass is 9.81. The second-order valence-electron chi connectivity index (χ2n) is 7.97. The Kier molecular flexibility index (Phi) is 5.99. The molecule has 1 saturated heterocycles. The highest BCUT2D eigenvalue weighted by atomic mass is 79.9. The normalized spacial score (nSPS) is 31.1. The average molecular weight is 558 g/mol. The number of rotatable bonds is 7. The van der Waals surface area contributed by atoms with Crippen LogP contribution in [0.4, 0.5) is 5.69 Å². The third-order valence-electron chi connectivity index (χ3n) is 6.36. The van der Waals surface area contributed by atoms with Gasteiger partial charge in [0.1, 0.15) is 0 Å². The highest BCUT2D eigenvalue weighted by molar-refractivity contribution is 9.12. The molecule has 2 amide bonds. The van der Waals surface area contributed by atoms with E-state index in [2.05, 4.69) is 31.9 Å². The molecule has 3 aliphatic rings. The number of benzene rings is 1. The predicted molar refractivity (Wildman–Crippen MR) is 114 cm³/mol. The fraction of sp³-hybridized carbons (Fsp3) is 0.500. The van der Waals surface area contributed by atoms with Crippen molar-refractivity contribution in [3.63, 3.8) is 0 Å². The van der Waals surface area contributed by atoms with E-state index in [1.165, 1.54) is 18.2 Å². The van der Waals surface area contributed by atoms with Gasteiger partial charge in [0.15, 0.2) is 6.61 Å². The van der Waals surface area contributed by atoms with Crippen molar-refractivity contribution in [3.05, 3.63) is 39.9 Å². The maximum Gasteiger partial charge on any atom is 0.308 e. The Balaban J connectivity index is 1.30. The quantitative estimate of drug-likeness (QED) is 0.126. The summed E-state index contributed by atoms with van der Waals surface area (Å²) in [6, 6.07) is 5.13. The summed E-state index contributed by atoms with van der Waals surface area (Å²) < 4.78 is 4.95. The Labute approximate surface area is 193 Å². The van der Waals surface area contributed by atoms with Crippen molar-refractivity contribution in [3.8, 4) is 0 Å². The van der Waals surface area contributed by atoms with Gasteiger partial charge in [-0.2, -0.15) is 0 Å². The number of fused-ring (bicyclic) bond motifs is 5. The summed E-state index contributed by atoms with van der Waals surface area (Å²) in [5, 5.41) is 10.8. The van der Waals surface area contributed by atoms with Crippen LogP contribution in [0.15, 0.2) is 24.3 Å². The summed E-state index contributed by atoms with van der Waals surface area (Å²) in [5.74, 6) is -2.29. The molecule has 2 saturated carbocycles. The second kappa shape index (κ2) is 8.42. The van der Waals surface area contributed by atoms with Crippen molar-refractivity contribution >= 4 is 61.1 Å². The molecule has 1 heterocycles. The van der Waals surface area contributed by atoms with Gasteiger partial charge < -0.3 is 4.74 Å². The molecule has 4 rings (SSSR count). The van der Waals surface area contributed by atoms with Crippen molar-refractivity contribution in [2.75, 3.05) is 13.2 Å². The van der Waals surface area contributed by atoms with Crippen molar-refractivity contribution in [1.82, 2.24) is 4.90 Å². The van der Waals surface area contributed by atoms with Crippen LogP contribution >= 0.6 is 31.9 Å². The topological polar surface area (TPSA) is 124 Å². The van der Waals surface area contributed by atoms with Gasteiger partial charge in [0.05, 0.1) is 23.2 Å². The smallest absolute Gasteiger partial charge is 0.308 e. The maximum absolute atomic E-state index is 12.8. The van der Waals surface area contributed by atoms with Crippen molar-refractivity contribution < 1.29 is 28.8 Å². The third-order valence-corrected chi connectivity index (χ3v) is 9.57. The Morgan fingerprint density at radius 3 is 2.32 bits per heavy atom. The molecular weight excluding hydrogens is 540 g/mol. The molecule has 6 atom stereocenters. The number of likely N-dealkylation sites (tertiary alicyclic amines) is 1. The summed E-state index contributed by atoms with van der Waals surface area (Å²) in [6.45, 7) is -0.665. The molecule has 9 nitrogen and oxygen atoms in total. The summed E-state index contributed by atoms with van der Waals surface area (Å²) >= 11 is 7.24. The number of halogens is 2. The number of nitro groups is 1. The van der Waals surface area contributed by atoms with Crippen molar-refractivity contribution in [2.24, 2.45) is 23.7 Å². The number of imide groups is 1. The van der Waals surface area contributed by atoms with E-state index >= 15 is 0 Å². The summed E-state index contributed by atoms with van der Waals surface area (Å²) in [7, 11) is 0. The lowest BCUT2D eigenvalue weighted by Crippen LogP contribution is -2.37. The minimum atomic E-state index is -0.726. The fourth-order valence-electron chi connectivity index (χ4n) is 4.93. The molecule has 0 spiro atoms. The Morgan fingerprint density at radius 2 is 1.74 bits per heavy atom. The molecule has 11 heteroatoms. The molecule has 164 valence electrons. The summed E-state index contributed by atoms with van der Waals surface area (Å²) in [6.07, 6.45) is 0.609. The Bertz CT molecular complexity index is 952. The van der Waals surface area contributed by atoms with Crippen LogP contribution < -0.4 is 0 Å². The van der Waals surface area contributed by atoms with Crippen LogP contribution in [0.1, 0.15) is 23.2 Å². The highest BCUT2D eigenvalue weighted by Gasteiger charge is 2.66. The van der Waals surface area contributed by atoms with E-state index in [4.69, 9.17) is 4.74 Å². The number of alkyl halides is 2. The monoisotopic (exact) mass is 556 g/mol. The van der Waals surface area contributed by atoms with E-state index in [1.807, 2.05) is 0 Å². The first-order valence-corrected chi connectivity index (χ1v) is 11.6. The van der Waals surface area contributed by atoms with Crippen LogP contribution in [0.3, 0.4) is 0 Å². The minimum Gasteiger partial charge on any atom is -0.457 e. The van der Waals surface area contributed by atoms with Crippen LogP contribution in [-0.4, -0.2) is 56.2 Å². The van der Waals surface area contributed by atoms with E-state index in [0.29, 0.717) is 0 Å². The second-order valence-corrected chi connectivity index (χ2v) is 10.1. The largest absolute Gasteiger partial charge is 0.457 e. The van der Waals surface area contributed by atoms with Gasteiger partial charge in [0.25, 0.3) is 5.69 Å². The number of hydrogen-bond acceptors (Lipinski definition) is 7. The lowest BCUT2D eigenvalue weighted by Gasteiger charge is -2.28. The van der Waals surface area contributed by atoms with E-state index in [9.17, 15) is 29.3 Å². The molecule has 1 aromatic rings. The first-order valence-electron chi connectivity index (χ1n) is 9.77. The maximum atomic E-state index is 12.8. The molecule has 0 unspecified atom stereocenters. The molecule has 2 aliphatic carbocycles. The van der Waals surface area contributed by atoms with Crippen molar-refractivity contribution in [1.29, 1.82) is 0 Å². The lowest BCUT2D eigenvalue weighted by molar-refractivity contribution is -0.384. The van der Waals surface area contributed by atoms with Gasteiger partial charge in [-0.15, -0.1) is 0 Å². The van der Waals surface area contributed by atoms with Gasteiger partial charge >= 0.3 is 5.97 Å². The molecule has 0 N–H and O–H groups in total. The number of amides is 2. The first kappa shape index (κ1) is 22.1. The average Bonchev–Trinajstić information content (AvgIpc) is 3.35. The SMILES string of the molecule is O=C(CCN1C(=O)[C@H]2[C@@H]3C[C@H]([C@@H](Br)[C@H]3Br)[C@@H]2C1=O)OCC(=O)c1cccc([N+](=O)[O-])c1. The van der Waals surface area contributed by atoms with Crippen LogP contribution in [-0.2, 0) is 19.1 Å². The number of Topliss-reactive ketones (excluding diaryl/α,β-unsaturated/α-hetero) is 1. The van der Waals surface area contributed by atoms with E-state index in [1.54, 1.807) is 0 Å². The number of hydrogen-bond donors (Lipinski definition) is 0. The zero-order valence-electron chi connectivity index (χ0n) is 16.1. The predicted octanol–water partition coefficient (Wildman–Crippen LogP) is 2.49. The zero-order chi connectivity index (χ0) is 22.4. The van der Waals surface area contributed by atoms with Gasteiger partial charge in [0, 0.05) is 33.9 Å². The molecule has 0 aromatic heterocycles. The van der Waals surface area contributed by atoms with Crippen LogP contribution in [0, 0.1) is 33.8 Å². The zero-order valence-corrected chi connectivity index (χ0v) is 19.3. The fourth-order valence-corrected chi connectivity index (χ4v) is 6.80. The van der Waals surface area contributed by atoms with Crippen LogP contribution in [0.5, 0.6) is 0 Å². The number of carbonyl (C=O) groups is 4. The van der Waals surface area contributed by atoms with Gasteiger partial charge in [-0.3, -0.25) is 34.2 Å². The van der Waals surface area contributed by atoms with Crippen LogP contribution in [0.25, 0.3) is 0 Å². The van der Waals surface area contributed by atoms with Gasteiger partial charge in [-0.1, -0.05) is 44.0 Å². The number of esters is 1. The minimum absolute atomic E-state index is 0.0591. The molecule has 1 aromatic carbocycles. The standard InChI is InChI=1S/C20H18Br2N2O7/c21-17-11-7-12(18(17)22)16-15(11)19(27)23(20(16)28)5-4-14(26)31-8-13(25)9-2-1-3-10(6-9)24(29)30/h1-3,6,11-12,15-18H,4-5,7-8H2/t11-,12-,15-,16-,17-,18+/m0/s1. The number of nitro benzene ring substituents is 1. The number of ketones is 1. The molecular formula is C20H18Br2N2O7. The first-order chi connectivity index (χ1) is 14.7. The third kappa shape index (κ3) is 3.82. The van der Waals surface area contributed by atoms with Gasteiger partial charge in [-0.25, -0.2) is 0 Å². The number of non-ortho nitro benzene ring substituents is 1. The Morgan fingerprint density at radius 1 is 1.13 bits per heavy atom. The molecule has 0 radical (unpaired) electrons. The molecule has 1 aliphatic heterocycles. The van der Waals surface area contributed by atoms with E-state index in [0.717, 1.165) is 17.4 Å². The summed E-state index contributed by atoms with van der Waals surface area (Å²) in [5.41, 5.74) is -0.178. The summed E-state index contributed by atoms with van der Waals surface area (Å²) in [4.78, 5) is 61.4. The van der Waals surface area contributed by atoms with Crippen molar-refractivity contribution in [2.45, 2.75) is 22.5 Å². The van der Waals surface area contributed by atoms with Crippen LogP contribution in [0.2, 0.25) is 0 Å². The number of ether oxygens (including phenoxy) is 1.